The van der Waals surface area contributed by atoms with Crippen molar-refractivity contribution in [2.75, 3.05) is 25.9 Å². The third-order valence-corrected chi connectivity index (χ3v) is 2.41. The number of amides is 1. The van der Waals surface area contributed by atoms with E-state index in [0.29, 0.717) is 30.2 Å². The molecule has 0 aromatic heterocycles. The molecule has 1 aromatic rings. The average molecular weight is 248 g/mol. The minimum absolute atomic E-state index is 0.0762. The zero-order valence-corrected chi connectivity index (χ0v) is 11.2. The number of rotatable bonds is 5. The lowest BCUT2D eigenvalue weighted by Crippen LogP contribution is -2.28. The molecular formula is C14H20N2O2. The van der Waals surface area contributed by atoms with Crippen LogP contribution in [0.4, 0.5) is 5.69 Å². The lowest BCUT2D eigenvalue weighted by molar-refractivity contribution is 0.0807. The van der Waals surface area contributed by atoms with Crippen molar-refractivity contribution in [2.24, 2.45) is 0 Å². The molecule has 4 heteroatoms. The van der Waals surface area contributed by atoms with E-state index in [0.717, 1.165) is 5.57 Å². The summed E-state index contributed by atoms with van der Waals surface area (Å²) in [6, 6.07) is 5.08. The molecular weight excluding hydrogens is 228 g/mol. The molecule has 0 spiro atoms. The molecule has 0 saturated carbocycles. The number of carbonyl (C=O) groups excluding carboxylic acids is 1. The minimum Gasteiger partial charge on any atom is -0.492 e. The lowest BCUT2D eigenvalue weighted by atomic mass is 10.1. The highest BCUT2D eigenvalue weighted by Gasteiger charge is 2.13. The van der Waals surface area contributed by atoms with Crippen LogP contribution in [0.2, 0.25) is 0 Å². The molecule has 0 radical (unpaired) electrons. The lowest BCUT2D eigenvalue weighted by Gasteiger charge is -2.17. The van der Waals surface area contributed by atoms with E-state index >= 15 is 0 Å². The van der Waals surface area contributed by atoms with E-state index in [4.69, 9.17) is 10.5 Å². The molecule has 18 heavy (non-hydrogen) atoms. The topological polar surface area (TPSA) is 55.6 Å². The van der Waals surface area contributed by atoms with Gasteiger partial charge < -0.3 is 15.4 Å². The SMILES string of the molecule is C=C(C)CN(C)C(=O)c1ccc(OCC)c(N)c1. The standard InChI is InChI=1S/C14H20N2O2/c1-5-18-13-7-6-11(8-12(13)15)14(17)16(4)9-10(2)3/h6-8H,2,5,9,15H2,1,3-4H3. The van der Waals surface area contributed by atoms with E-state index in [1.807, 2.05) is 13.8 Å². The van der Waals surface area contributed by atoms with Crippen LogP contribution in [0.3, 0.4) is 0 Å². The first kappa shape index (κ1) is 14.1. The smallest absolute Gasteiger partial charge is 0.253 e. The highest BCUT2D eigenvalue weighted by Crippen LogP contribution is 2.23. The van der Waals surface area contributed by atoms with Crippen LogP contribution in [0.15, 0.2) is 30.4 Å². The van der Waals surface area contributed by atoms with Gasteiger partial charge in [-0.05, 0) is 32.0 Å². The van der Waals surface area contributed by atoms with Crippen LogP contribution in [-0.4, -0.2) is 31.0 Å². The van der Waals surface area contributed by atoms with Crippen molar-refractivity contribution >= 4 is 11.6 Å². The van der Waals surface area contributed by atoms with Crippen LogP contribution < -0.4 is 10.5 Å². The van der Waals surface area contributed by atoms with E-state index in [1.54, 1.807) is 30.1 Å². The van der Waals surface area contributed by atoms with Gasteiger partial charge in [0.05, 0.1) is 12.3 Å². The first-order valence-corrected chi connectivity index (χ1v) is 5.87. The van der Waals surface area contributed by atoms with Gasteiger partial charge in [0, 0.05) is 19.2 Å². The summed E-state index contributed by atoms with van der Waals surface area (Å²) < 4.78 is 5.33. The van der Waals surface area contributed by atoms with Gasteiger partial charge in [-0.15, -0.1) is 0 Å². The van der Waals surface area contributed by atoms with E-state index < -0.39 is 0 Å². The maximum absolute atomic E-state index is 12.1. The zero-order valence-electron chi connectivity index (χ0n) is 11.2. The number of benzene rings is 1. The number of anilines is 1. The molecule has 2 N–H and O–H groups in total. The van der Waals surface area contributed by atoms with Crippen molar-refractivity contribution in [1.82, 2.24) is 4.90 Å². The molecule has 1 rings (SSSR count). The van der Waals surface area contributed by atoms with Crippen molar-refractivity contribution in [3.8, 4) is 5.75 Å². The Morgan fingerprint density at radius 1 is 1.50 bits per heavy atom. The van der Waals surface area contributed by atoms with Crippen LogP contribution in [-0.2, 0) is 0 Å². The number of nitrogen functional groups attached to an aromatic ring is 1. The average Bonchev–Trinajstić information content (AvgIpc) is 2.30. The van der Waals surface area contributed by atoms with Crippen molar-refractivity contribution < 1.29 is 9.53 Å². The molecule has 0 bridgehead atoms. The Kier molecular flexibility index (Phi) is 4.77. The first-order chi connectivity index (χ1) is 8.45. The molecule has 0 heterocycles. The van der Waals surface area contributed by atoms with Gasteiger partial charge in [0.15, 0.2) is 0 Å². The predicted molar refractivity (Wildman–Crippen MR) is 73.8 cm³/mol. The first-order valence-electron chi connectivity index (χ1n) is 5.87. The molecule has 1 aromatic carbocycles. The fourth-order valence-corrected chi connectivity index (χ4v) is 1.67. The Bertz CT molecular complexity index is 455. The quantitative estimate of drug-likeness (QED) is 0.642. The summed E-state index contributed by atoms with van der Waals surface area (Å²) in [7, 11) is 1.74. The molecule has 0 atom stereocenters. The number of carbonyl (C=O) groups is 1. The van der Waals surface area contributed by atoms with Gasteiger partial charge in [0.25, 0.3) is 5.91 Å². The Balaban J connectivity index is 2.87. The molecule has 0 fully saturated rings. The number of likely N-dealkylation sites (N-methyl/N-ethyl adjacent to an activating group) is 1. The summed E-state index contributed by atoms with van der Waals surface area (Å²) >= 11 is 0. The summed E-state index contributed by atoms with van der Waals surface area (Å²) in [5.41, 5.74) is 7.80. The third kappa shape index (κ3) is 3.52. The second-order valence-electron chi connectivity index (χ2n) is 4.30. The minimum atomic E-state index is -0.0762. The highest BCUT2D eigenvalue weighted by atomic mass is 16.5. The van der Waals surface area contributed by atoms with Crippen LogP contribution in [0.1, 0.15) is 24.2 Å². The molecule has 0 saturated heterocycles. The summed E-state index contributed by atoms with van der Waals surface area (Å²) in [5.74, 6) is 0.532. The van der Waals surface area contributed by atoms with Crippen LogP contribution in [0, 0.1) is 0 Å². The van der Waals surface area contributed by atoms with Crippen molar-refractivity contribution in [3.05, 3.63) is 35.9 Å². The van der Waals surface area contributed by atoms with Crippen LogP contribution >= 0.6 is 0 Å². The second kappa shape index (κ2) is 6.10. The number of hydrogen-bond donors (Lipinski definition) is 1. The van der Waals surface area contributed by atoms with Gasteiger partial charge in [-0.1, -0.05) is 12.2 Å². The van der Waals surface area contributed by atoms with E-state index in [9.17, 15) is 4.79 Å². The highest BCUT2D eigenvalue weighted by molar-refractivity contribution is 5.95. The van der Waals surface area contributed by atoms with Gasteiger partial charge in [-0.3, -0.25) is 4.79 Å². The normalized spacial score (nSPS) is 9.94. The second-order valence-corrected chi connectivity index (χ2v) is 4.30. The number of ether oxygens (including phenoxy) is 1. The van der Waals surface area contributed by atoms with Crippen molar-refractivity contribution in [3.63, 3.8) is 0 Å². The fourth-order valence-electron chi connectivity index (χ4n) is 1.67. The molecule has 0 aliphatic carbocycles. The van der Waals surface area contributed by atoms with Gasteiger partial charge >= 0.3 is 0 Å². The Hall–Kier alpha value is -1.97. The number of nitrogens with zero attached hydrogens (tertiary/aromatic N) is 1. The maximum Gasteiger partial charge on any atom is 0.253 e. The van der Waals surface area contributed by atoms with E-state index in [2.05, 4.69) is 6.58 Å². The van der Waals surface area contributed by atoms with Gasteiger partial charge in [-0.25, -0.2) is 0 Å². The fraction of sp³-hybridized carbons (Fsp3) is 0.357. The Morgan fingerprint density at radius 2 is 2.17 bits per heavy atom. The molecule has 4 nitrogen and oxygen atoms in total. The molecule has 0 aliphatic heterocycles. The third-order valence-electron chi connectivity index (χ3n) is 2.41. The molecule has 0 aliphatic rings. The summed E-state index contributed by atoms with van der Waals surface area (Å²) in [4.78, 5) is 13.7. The van der Waals surface area contributed by atoms with E-state index in [-0.39, 0.29) is 5.91 Å². The van der Waals surface area contributed by atoms with Crippen LogP contribution in [0.25, 0.3) is 0 Å². The van der Waals surface area contributed by atoms with Gasteiger partial charge in [-0.2, -0.15) is 0 Å². The summed E-state index contributed by atoms with van der Waals surface area (Å²) in [6.45, 7) is 8.64. The van der Waals surface area contributed by atoms with Crippen LogP contribution in [0.5, 0.6) is 5.75 Å². The number of nitrogens with two attached hydrogens (primary N) is 1. The predicted octanol–water partition coefficient (Wildman–Crippen LogP) is 2.32. The monoisotopic (exact) mass is 248 g/mol. The van der Waals surface area contributed by atoms with E-state index in [1.165, 1.54) is 0 Å². The zero-order chi connectivity index (χ0) is 13.7. The maximum atomic E-state index is 12.1. The van der Waals surface area contributed by atoms with Gasteiger partial charge in [0.1, 0.15) is 5.75 Å². The number of hydrogen-bond acceptors (Lipinski definition) is 3. The van der Waals surface area contributed by atoms with Crippen molar-refractivity contribution in [2.45, 2.75) is 13.8 Å². The molecule has 1 amide bonds. The molecule has 98 valence electrons. The summed E-state index contributed by atoms with van der Waals surface area (Å²) in [6.07, 6.45) is 0. The van der Waals surface area contributed by atoms with Gasteiger partial charge in [0.2, 0.25) is 0 Å². The van der Waals surface area contributed by atoms with Crippen molar-refractivity contribution in [1.29, 1.82) is 0 Å². The molecule has 0 unspecified atom stereocenters. The Labute approximate surface area is 108 Å². The largest absolute Gasteiger partial charge is 0.492 e. The Morgan fingerprint density at radius 3 is 2.67 bits per heavy atom. The summed E-state index contributed by atoms with van der Waals surface area (Å²) in [5, 5.41) is 0.